The molecule has 16 heavy (non-hydrogen) atoms. The Balaban J connectivity index is 3.06. The molecule has 0 bridgehead atoms. The third-order valence-corrected chi connectivity index (χ3v) is 2.74. The fraction of sp³-hybridized carbons (Fsp3) is 0.500. The molecule has 0 spiro atoms. The van der Waals surface area contributed by atoms with E-state index in [1.165, 1.54) is 12.1 Å². The summed E-state index contributed by atoms with van der Waals surface area (Å²) in [5.41, 5.74) is 1.84. The van der Waals surface area contributed by atoms with Gasteiger partial charge < -0.3 is 15.3 Å². The van der Waals surface area contributed by atoms with Crippen LogP contribution < -0.4 is 10.2 Å². The molecule has 1 aromatic carbocycles. The van der Waals surface area contributed by atoms with Crippen LogP contribution in [0.1, 0.15) is 18.5 Å². The molecule has 3 nitrogen and oxygen atoms in total. The number of hydrogen-bond acceptors (Lipinski definition) is 3. The van der Waals surface area contributed by atoms with Gasteiger partial charge in [-0.15, -0.1) is 0 Å². The standard InChI is InChI=1S/C12H19FN2O/c1-9(14-2)11-8-10(13)4-5-12(11)15(3)6-7-16/h4-5,8-9,14,16H,6-7H2,1-3H3. The van der Waals surface area contributed by atoms with Gasteiger partial charge in [0.15, 0.2) is 0 Å². The van der Waals surface area contributed by atoms with Gasteiger partial charge in [0.2, 0.25) is 0 Å². The van der Waals surface area contributed by atoms with Crippen molar-refractivity contribution in [2.75, 3.05) is 32.1 Å². The van der Waals surface area contributed by atoms with E-state index in [0.717, 1.165) is 11.3 Å². The van der Waals surface area contributed by atoms with Crippen LogP contribution in [0.5, 0.6) is 0 Å². The molecule has 0 heterocycles. The van der Waals surface area contributed by atoms with Crippen LogP contribution in [-0.4, -0.2) is 32.4 Å². The van der Waals surface area contributed by atoms with Gasteiger partial charge in [-0.05, 0) is 37.7 Å². The Labute approximate surface area is 95.9 Å². The summed E-state index contributed by atoms with van der Waals surface area (Å²) < 4.78 is 13.2. The van der Waals surface area contributed by atoms with E-state index in [1.54, 1.807) is 6.07 Å². The fourth-order valence-corrected chi connectivity index (χ4v) is 1.65. The molecule has 1 aromatic rings. The molecule has 0 amide bonds. The molecule has 0 aromatic heterocycles. The van der Waals surface area contributed by atoms with Crippen molar-refractivity contribution in [3.63, 3.8) is 0 Å². The molecule has 1 unspecified atom stereocenters. The van der Waals surface area contributed by atoms with Crippen LogP contribution >= 0.6 is 0 Å². The van der Waals surface area contributed by atoms with Gasteiger partial charge in [-0.2, -0.15) is 0 Å². The highest BCUT2D eigenvalue weighted by atomic mass is 19.1. The lowest BCUT2D eigenvalue weighted by Gasteiger charge is -2.24. The van der Waals surface area contributed by atoms with Crippen LogP contribution in [0.15, 0.2) is 18.2 Å². The smallest absolute Gasteiger partial charge is 0.123 e. The molecular formula is C12H19FN2O. The predicted octanol–water partition coefficient (Wildman–Crippen LogP) is 1.53. The number of nitrogens with one attached hydrogen (secondary N) is 1. The van der Waals surface area contributed by atoms with Gasteiger partial charge in [-0.3, -0.25) is 0 Å². The van der Waals surface area contributed by atoms with Crippen molar-refractivity contribution in [1.29, 1.82) is 0 Å². The van der Waals surface area contributed by atoms with Crippen LogP contribution in [-0.2, 0) is 0 Å². The largest absolute Gasteiger partial charge is 0.395 e. The number of benzene rings is 1. The summed E-state index contributed by atoms with van der Waals surface area (Å²) in [5.74, 6) is -0.238. The molecule has 0 fully saturated rings. The monoisotopic (exact) mass is 226 g/mol. The van der Waals surface area contributed by atoms with Crippen molar-refractivity contribution < 1.29 is 9.50 Å². The van der Waals surface area contributed by atoms with Gasteiger partial charge in [0.25, 0.3) is 0 Å². The van der Waals surface area contributed by atoms with E-state index in [9.17, 15) is 4.39 Å². The van der Waals surface area contributed by atoms with Crippen molar-refractivity contribution in [2.45, 2.75) is 13.0 Å². The first-order chi connectivity index (χ1) is 7.60. The molecular weight excluding hydrogens is 207 g/mol. The van der Waals surface area contributed by atoms with Gasteiger partial charge in [0, 0.05) is 25.3 Å². The molecule has 4 heteroatoms. The number of aliphatic hydroxyl groups excluding tert-OH is 1. The van der Waals surface area contributed by atoms with Crippen molar-refractivity contribution in [3.8, 4) is 0 Å². The maximum atomic E-state index is 13.2. The van der Waals surface area contributed by atoms with E-state index in [-0.39, 0.29) is 18.5 Å². The zero-order valence-corrected chi connectivity index (χ0v) is 10.00. The average Bonchev–Trinajstić information content (AvgIpc) is 2.28. The Kier molecular flexibility index (Phi) is 4.71. The van der Waals surface area contributed by atoms with Crippen LogP contribution in [0.25, 0.3) is 0 Å². The number of hydrogen-bond donors (Lipinski definition) is 2. The Morgan fingerprint density at radius 2 is 2.19 bits per heavy atom. The van der Waals surface area contributed by atoms with E-state index >= 15 is 0 Å². The average molecular weight is 226 g/mol. The highest BCUT2D eigenvalue weighted by Crippen LogP contribution is 2.26. The van der Waals surface area contributed by atoms with E-state index in [4.69, 9.17) is 5.11 Å². The molecule has 0 radical (unpaired) electrons. The van der Waals surface area contributed by atoms with E-state index in [2.05, 4.69) is 5.32 Å². The summed E-state index contributed by atoms with van der Waals surface area (Å²) in [4.78, 5) is 1.92. The molecule has 0 aliphatic rings. The third-order valence-electron chi connectivity index (χ3n) is 2.74. The first-order valence-corrected chi connectivity index (χ1v) is 5.38. The normalized spacial score (nSPS) is 12.6. The topological polar surface area (TPSA) is 35.5 Å². The lowest BCUT2D eigenvalue weighted by Crippen LogP contribution is -2.24. The van der Waals surface area contributed by atoms with Gasteiger partial charge in [-0.25, -0.2) is 4.39 Å². The summed E-state index contributed by atoms with van der Waals surface area (Å²) in [5, 5.41) is 12.0. The predicted molar refractivity (Wildman–Crippen MR) is 64.2 cm³/mol. The minimum atomic E-state index is -0.238. The van der Waals surface area contributed by atoms with Crippen LogP contribution in [0, 0.1) is 5.82 Å². The van der Waals surface area contributed by atoms with Crippen molar-refractivity contribution >= 4 is 5.69 Å². The molecule has 0 saturated heterocycles. The first kappa shape index (κ1) is 12.9. The first-order valence-electron chi connectivity index (χ1n) is 5.38. The highest BCUT2D eigenvalue weighted by Gasteiger charge is 2.12. The number of anilines is 1. The van der Waals surface area contributed by atoms with Crippen LogP contribution in [0.3, 0.4) is 0 Å². The Morgan fingerprint density at radius 1 is 1.50 bits per heavy atom. The number of aliphatic hydroxyl groups is 1. The Morgan fingerprint density at radius 3 is 2.75 bits per heavy atom. The molecule has 0 aliphatic heterocycles. The minimum Gasteiger partial charge on any atom is -0.395 e. The Hall–Kier alpha value is -1.13. The quantitative estimate of drug-likeness (QED) is 0.799. The second kappa shape index (κ2) is 5.82. The SMILES string of the molecule is CNC(C)c1cc(F)ccc1N(C)CCO. The third kappa shape index (κ3) is 2.93. The zero-order chi connectivity index (χ0) is 12.1. The summed E-state index contributed by atoms with van der Waals surface area (Å²) in [6.45, 7) is 2.60. The summed E-state index contributed by atoms with van der Waals surface area (Å²) in [7, 11) is 3.72. The van der Waals surface area contributed by atoms with Gasteiger partial charge in [0.1, 0.15) is 5.82 Å². The lowest BCUT2D eigenvalue weighted by molar-refractivity contribution is 0.304. The molecule has 0 saturated carbocycles. The van der Waals surface area contributed by atoms with E-state index < -0.39 is 0 Å². The maximum absolute atomic E-state index is 13.2. The van der Waals surface area contributed by atoms with Crippen molar-refractivity contribution in [1.82, 2.24) is 5.32 Å². The maximum Gasteiger partial charge on any atom is 0.123 e. The fourth-order valence-electron chi connectivity index (χ4n) is 1.65. The van der Waals surface area contributed by atoms with Gasteiger partial charge >= 0.3 is 0 Å². The lowest BCUT2D eigenvalue weighted by atomic mass is 10.1. The molecule has 0 aliphatic carbocycles. The molecule has 2 N–H and O–H groups in total. The number of halogens is 1. The zero-order valence-electron chi connectivity index (χ0n) is 10.00. The Bertz CT molecular complexity index is 344. The number of rotatable bonds is 5. The highest BCUT2D eigenvalue weighted by molar-refractivity contribution is 5.54. The van der Waals surface area contributed by atoms with Gasteiger partial charge in [0.05, 0.1) is 6.61 Å². The summed E-state index contributed by atoms with van der Waals surface area (Å²) in [6, 6.07) is 4.79. The molecule has 1 atom stereocenters. The molecule has 1 rings (SSSR count). The molecule has 90 valence electrons. The van der Waals surface area contributed by atoms with Crippen LogP contribution in [0.2, 0.25) is 0 Å². The number of likely N-dealkylation sites (N-methyl/N-ethyl adjacent to an activating group) is 1. The van der Waals surface area contributed by atoms with Crippen molar-refractivity contribution in [2.24, 2.45) is 0 Å². The van der Waals surface area contributed by atoms with Gasteiger partial charge in [-0.1, -0.05) is 0 Å². The van der Waals surface area contributed by atoms with Crippen molar-refractivity contribution in [3.05, 3.63) is 29.6 Å². The minimum absolute atomic E-state index is 0.0758. The summed E-state index contributed by atoms with van der Waals surface area (Å²) in [6.07, 6.45) is 0. The van der Waals surface area contributed by atoms with E-state index in [1.807, 2.05) is 25.9 Å². The summed E-state index contributed by atoms with van der Waals surface area (Å²) >= 11 is 0. The second-order valence-electron chi connectivity index (χ2n) is 3.86. The number of nitrogens with zero attached hydrogens (tertiary/aromatic N) is 1. The second-order valence-corrected chi connectivity index (χ2v) is 3.86. The van der Waals surface area contributed by atoms with Crippen LogP contribution in [0.4, 0.5) is 10.1 Å². The van der Waals surface area contributed by atoms with E-state index in [0.29, 0.717) is 6.54 Å².